The Bertz CT molecular complexity index is 1220. The van der Waals surface area contributed by atoms with E-state index in [1.165, 1.54) is 11.3 Å². The lowest BCUT2D eigenvalue weighted by molar-refractivity contribution is -0.118. The summed E-state index contributed by atoms with van der Waals surface area (Å²) < 4.78 is 31.4. The molecule has 1 atom stereocenters. The van der Waals surface area contributed by atoms with Crippen molar-refractivity contribution in [2.75, 3.05) is 18.1 Å². The minimum absolute atomic E-state index is 0.0278. The van der Waals surface area contributed by atoms with Crippen LogP contribution >= 0.6 is 22.9 Å². The minimum Gasteiger partial charge on any atom is -0.376 e. The molecule has 2 aromatic carbocycles. The van der Waals surface area contributed by atoms with Crippen molar-refractivity contribution in [3.63, 3.8) is 0 Å². The number of hydrogen-bond donors (Lipinski definition) is 0. The fourth-order valence-corrected chi connectivity index (χ4v) is 5.99. The van der Waals surface area contributed by atoms with Gasteiger partial charge < -0.3 is 4.74 Å². The third kappa shape index (κ3) is 4.83. The van der Waals surface area contributed by atoms with Gasteiger partial charge >= 0.3 is 0 Å². The van der Waals surface area contributed by atoms with Crippen molar-refractivity contribution in [2.45, 2.75) is 49.4 Å². The Morgan fingerprint density at radius 2 is 2.00 bits per heavy atom. The van der Waals surface area contributed by atoms with Crippen LogP contribution in [0.2, 0.25) is 5.02 Å². The van der Waals surface area contributed by atoms with Crippen molar-refractivity contribution in [3.8, 4) is 0 Å². The molecule has 0 aliphatic carbocycles. The van der Waals surface area contributed by atoms with Gasteiger partial charge in [0, 0.05) is 6.61 Å². The van der Waals surface area contributed by atoms with Crippen LogP contribution in [0.1, 0.15) is 32.3 Å². The van der Waals surface area contributed by atoms with Crippen LogP contribution in [-0.4, -0.2) is 43.8 Å². The minimum atomic E-state index is -3.35. The zero-order valence-electron chi connectivity index (χ0n) is 18.0. The molecular weight excluding hydrogens is 468 g/mol. The normalized spacial score (nSPS) is 16.7. The standard InChI is InChI=1S/C23H25ClN2O4S2/c1-15(2)32(28,29)18-10-8-16(9-11-18)13-21(27)26(14-17-5-4-12-30-17)23-25-22-19(24)6-3-7-20(22)31-23/h3,6-11,15,17H,4-5,12-14H2,1-2H3. The number of hydrogen-bond acceptors (Lipinski definition) is 6. The number of amides is 1. The van der Waals surface area contributed by atoms with E-state index in [0.717, 1.165) is 23.1 Å². The molecule has 0 spiro atoms. The number of halogens is 1. The van der Waals surface area contributed by atoms with Crippen LogP contribution in [0.4, 0.5) is 5.13 Å². The summed E-state index contributed by atoms with van der Waals surface area (Å²) in [6, 6.07) is 12.1. The largest absolute Gasteiger partial charge is 0.376 e. The number of sulfone groups is 1. The molecule has 6 nitrogen and oxygen atoms in total. The number of aromatic nitrogens is 1. The maximum absolute atomic E-state index is 13.3. The van der Waals surface area contributed by atoms with E-state index in [1.54, 1.807) is 49.1 Å². The van der Waals surface area contributed by atoms with E-state index in [0.29, 0.717) is 28.8 Å². The van der Waals surface area contributed by atoms with Crippen LogP contribution in [0, 0.1) is 0 Å². The van der Waals surface area contributed by atoms with Crippen LogP contribution in [0.3, 0.4) is 0 Å². The molecular formula is C23H25ClN2O4S2. The lowest BCUT2D eigenvalue weighted by atomic mass is 10.1. The van der Waals surface area contributed by atoms with Gasteiger partial charge in [0.05, 0.1) is 38.9 Å². The van der Waals surface area contributed by atoms with Gasteiger partial charge in [-0.15, -0.1) is 0 Å². The summed E-state index contributed by atoms with van der Waals surface area (Å²) in [6.07, 6.45) is 1.99. The lowest BCUT2D eigenvalue weighted by Crippen LogP contribution is -2.38. The summed E-state index contributed by atoms with van der Waals surface area (Å²) >= 11 is 7.72. The number of anilines is 1. The van der Waals surface area contributed by atoms with E-state index in [1.807, 2.05) is 12.1 Å². The van der Waals surface area contributed by atoms with E-state index < -0.39 is 15.1 Å². The molecule has 4 rings (SSSR count). The molecule has 3 aromatic rings. The predicted octanol–water partition coefficient (Wildman–Crippen LogP) is 4.89. The first-order chi connectivity index (χ1) is 15.3. The van der Waals surface area contributed by atoms with E-state index in [-0.39, 0.29) is 23.3 Å². The average Bonchev–Trinajstić information content (AvgIpc) is 3.42. The number of carbonyl (C=O) groups excluding carboxylic acids is 1. The summed E-state index contributed by atoms with van der Waals surface area (Å²) in [5.41, 5.74) is 1.43. The van der Waals surface area contributed by atoms with Crippen LogP contribution in [0.15, 0.2) is 47.4 Å². The summed E-state index contributed by atoms with van der Waals surface area (Å²) in [7, 11) is -3.35. The predicted molar refractivity (Wildman–Crippen MR) is 128 cm³/mol. The van der Waals surface area contributed by atoms with Crippen molar-refractivity contribution in [3.05, 3.63) is 53.1 Å². The number of para-hydroxylation sites is 1. The molecule has 1 unspecified atom stereocenters. The van der Waals surface area contributed by atoms with Gasteiger partial charge in [0.25, 0.3) is 0 Å². The second-order valence-corrected chi connectivity index (χ2v) is 12.1. The molecule has 1 amide bonds. The molecule has 1 saturated heterocycles. The number of benzene rings is 2. The van der Waals surface area contributed by atoms with E-state index in [2.05, 4.69) is 4.98 Å². The zero-order chi connectivity index (χ0) is 22.9. The monoisotopic (exact) mass is 492 g/mol. The number of carbonyl (C=O) groups is 1. The average molecular weight is 493 g/mol. The van der Waals surface area contributed by atoms with Gasteiger partial charge in [0.1, 0.15) is 5.52 Å². The van der Waals surface area contributed by atoms with Crippen LogP contribution in [0.5, 0.6) is 0 Å². The molecule has 1 aliphatic heterocycles. The molecule has 0 radical (unpaired) electrons. The number of nitrogens with zero attached hydrogens (tertiary/aromatic N) is 2. The van der Waals surface area contributed by atoms with Gasteiger partial charge in [0.15, 0.2) is 15.0 Å². The van der Waals surface area contributed by atoms with Gasteiger partial charge in [-0.2, -0.15) is 0 Å². The molecule has 32 heavy (non-hydrogen) atoms. The van der Waals surface area contributed by atoms with Gasteiger partial charge in [0.2, 0.25) is 5.91 Å². The number of rotatable bonds is 7. The maximum Gasteiger partial charge on any atom is 0.233 e. The van der Waals surface area contributed by atoms with Crippen molar-refractivity contribution in [1.29, 1.82) is 0 Å². The van der Waals surface area contributed by atoms with Gasteiger partial charge in [-0.25, -0.2) is 13.4 Å². The first-order valence-electron chi connectivity index (χ1n) is 10.6. The van der Waals surface area contributed by atoms with Gasteiger partial charge in [-0.3, -0.25) is 9.69 Å². The van der Waals surface area contributed by atoms with Crippen LogP contribution < -0.4 is 4.90 Å². The Balaban J connectivity index is 1.59. The SMILES string of the molecule is CC(C)S(=O)(=O)c1ccc(CC(=O)N(CC2CCCO2)c2nc3c(Cl)cccc3s2)cc1. The first-order valence-corrected chi connectivity index (χ1v) is 13.3. The highest BCUT2D eigenvalue weighted by Gasteiger charge is 2.27. The third-order valence-corrected chi connectivity index (χ3v) is 9.05. The molecule has 0 bridgehead atoms. The molecule has 1 aliphatic rings. The highest BCUT2D eigenvalue weighted by molar-refractivity contribution is 7.92. The van der Waals surface area contributed by atoms with Crippen LogP contribution in [-0.2, 0) is 25.8 Å². The first kappa shape index (κ1) is 23.2. The van der Waals surface area contributed by atoms with E-state index in [9.17, 15) is 13.2 Å². The molecule has 0 N–H and O–H groups in total. The molecule has 2 heterocycles. The summed E-state index contributed by atoms with van der Waals surface area (Å²) in [5.74, 6) is -0.116. The van der Waals surface area contributed by atoms with Gasteiger partial charge in [-0.05, 0) is 56.5 Å². The van der Waals surface area contributed by atoms with Crippen molar-refractivity contribution < 1.29 is 17.9 Å². The Kier molecular flexibility index (Phi) is 6.86. The molecule has 1 fully saturated rings. The van der Waals surface area contributed by atoms with Crippen LogP contribution in [0.25, 0.3) is 10.2 Å². The summed E-state index contributed by atoms with van der Waals surface area (Å²) in [5, 5.41) is 0.645. The Hall–Kier alpha value is -2.00. The topological polar surface area (TPSA) is 76.6 Å². The number of fused-ring (bicyclic) bond motifs is 1. The summed E-state index contributed by atoms with van der Waals surface area (Å²) in [4.78, 5) is 19.9. The Morgan fingerprint density at radius 3 is 2.62 bits per heavy atom. The number of thiazole rings is 1. The molecule has 1 aromatic heterocycles. The highest BCUT2D eigenvalue weighted by Crippen LogP contribution is 2.33. The second-order valence-electron chi connectivity index (χ2n) is 8.14. The lowest BCUT2D eigenvalue weighted by Gasteiger charge is -2.23. The Labute approximate surface area is 197 Å². The van der Waals surface area contributed by atoms with Crippen molar-refractivity contribution in [2.24, 2.45) is 0 Å². The molecule has 170 valence electrons. The number of ether oxygens (including phenoxy) is 1. The Morgan fingerprint density at radius 1 is 1.25 bits per heavy atom. The van der Waals surface area contributed by atoms with Crippen molar-refractivity contribution >= 4 is 54.0 Å². The smallest absolute Gasteiger partial charge is 0.233 e. The molecule has 9 heteroatoms. The quantitative estimate of drug-likeness (QED) is 0.469. The second kappa shape index (κ2) is 9.47. The zero-order valence-corrected chi connectivity index (χ0v) is 20.3. The fourth-order valence-electron chi connectivity index (χ4n) is 3.64. The third-order valence-electron chi connectivity index (χ3n) is 5.53. The van der Waals surface area contributed by atoms with Gasteiger partial charge in [-0.1, -0.05) is 41.1 Å². The maximum atomic E-state index is 13.3. The van der Waals surface area contributed by atoms with Crippen molar-refractivity contribution in [1.82, 2.24) is 4.98 Å². The molecule has 0 saturated carbocycles. The highest BCUT2D eigenvalue weighted by atomic mass is 35.5. The summed E-state index contributed by atoms with van der Waals surface area (Å²) in [6.45, 7) is 4.43. The van der Waals surface area contributed by atoms with E-state index >= 15 is 0 Å². The van der Waals surface area contributed by atoms with E-state index in [4.69, 9.17) is 16.3 Å². The fraction of sp³-hybridized carbons (Fsp3) is 0.391.